The summed E-state index contributed by atoms with van der Waals surface area (Å²) in [5.41, 5.74) is 9.19. The third kappa shape index (κ3) is 67.3. The fourth-order valence-corrected chi connectivity index (χ4v) is 12.8. The zero-order valence-corrected chi connectivity index (χ0v) is 84.0. The van der Waals surface area contributed by atoms with E-state index in [2.05, 4.69) is 202 Å². The summed E-state index contributed by atoms with van der Waals surface area (Å²) in [4.78, 5) is 143. The summed E-state index contributed by atoms with van der Waals surface area (Å²) in [6.45, 7) is 39.1. The molecule has 0 amide bonds. The Balaban J connectivity index is 0.000000749. The fraction of sp³-hybridized carbons (Fsp3) is 0.542. The molecule has 0 N–H and O–H groups in total. The number of ether oxygens (including phenoxy) is 3. The third-order valence-electron chi connectivity index (χ3n) is 19.1. The molecule has 26 nitrogen and oxygen atoms in total. The van der Waals surface area contributed by atoms with Gasteiger partial charge in [-0.25, -0.2) is 39.9 Å². The lowest BCUT2D eigenvalue weighted by Crippen LogP contribution is -2.05. The molecule has 26 heteroatoms. The number of carbonyl (C=O) groups is 9. The normalized spacial score (nSPS) is 10.5. The van der Waals surface area contributed by atoms with Crippen LogP contribution in [-0.2, 0) is 101 Å². The van der Waals surface area contributed by atoms with E-state index in [9.17, 15) is 43.2 Å². The van der Waals surface area contributed by atoms with Gasteiger partial charge in [0.1, 0.15) is 76.3 Å². The number of Topliss-reactive ketones (excluding diaryl/α,β-unsaturated/α-hetero) is 9. The van der Waals surface area contributed by atoms with Crippen molar-refractivity contribution in [3.63, 3.8) is 0 Å². The largest absolute Gasteiger partial charge is 0.496 e. The molecule has 0 fully saturated rings. The smallest absolute Gasteiger partial charge is 0.216 e. The number of nitrogens with zero attached hydrogens (tertiary/aromatic N) is 14. The minimum Gasteiger partial charge on any atom is -0.496 e. The molecule has 0 spiro atoms. The van der Waals surface area contributed by atoms with Gasteiger partial charge in [0, 0.05) is 224 Å². The Morgan fingerprint density at radius 3 is 1.05 bits per heavy atom. The van der Waals surface area contributed by atoms with E-state index in [-0.39, 0.29) is 0 Å². The standard InChI is InChI=1S/3C13H19NO2.C13H19NO.5C11H16N2O/c1-10(2)8-12(15)5-4-11-9-14-7-6-13(11)16-3;1-10(2)9-12(15)7-6-11-5-4-8-14-13(11)16-3;1-10(2)9-12(15)8-7-11-5-4-6-13(14-11)16-3;1-10(2)8-13(15)5-4-12-9-14-7-6-11(12)3;1-9(2)8-10(14)4-5-11-12-6-3-7-13-11;2*1-9(2)7-11(14)4-3-10-5-6-12-8-13-10;1-9(2)7-11(14)4-3-10-5-6-12-13-8-10;1-9(2)8-11(14)6-5-10-4-3-7-12-13-10/h6-7,9-10H,4-5,8H2,1-3H3;4-5,8,10H,6-7,9H2,1-3H3;4-6,10H,7-9H2,1-3H3;6-7,9-10H,4-5,8H2,1-3H3;3,6-7,9H,4-5,8H2,1-2H3;3*5-6,8-9H,3-4,7H2,1-2H3;3-4,7,9H,5-6,8H2,1-2H3. The zero-order chi connectivity index (χ0) is 99.1. The first-order valence-electron chi connectivity index (χ1n) is 47.2. The molecule has 9 heterocycles. The maximum atomic E-state index is 11.6. The second-order valence-electron chi connectivity index (χ2n) is 36.6. The van der Waals surface area contributed by atoms with E-state index >= 15 is 0 Å². The summed E-state index contributed by atoms with van der Waals surface area (Å²) < 4.78 is 15.4. The van der Waals surface area contributed by atoms with Gasteiger partial charge in [0.2, 0.25) is 11.8 Å². The molecule has 9 aromatic rings. The highest BCUT2D eigenvalue weighted by Gasteiger charge is 2.15. The lowest BCUT2D eigenvalue weighted by Gasteiger charge is -2.07. The van der Waals surface area contributed by atoms with Gasteiger partial charge in [-0.05, 0) is 189 Å². The molecule has 0 atom stereocenters. The molecular weight excluding hydrogens is 1670 g/mol. The van der Waals surface area contributed by atoms with Crippen molar-refractivity contribution in [3.05, 3.63) is 222 Å². The highest BCUT2D eigenvalue weighted by atomic mass is 16.5. The van der Waals surface area contributed by atoms with E-state index in [4.69, 9.17) is 14.2 Å². The summed E-state index contributed by atoms with van der Waals surface area (Å²) in [5.74, 6) is 9.67. The number of methoxy groups -OCH3 is 3. The molecule has 0 saturated carbocycles. The first-order chi connectivity index (χ1) is 63.4. The second-order valence-corrected chi connectivity index (χ2v) is 36.6. The van der Waals surface area contributed by atoms with E-state index in [1.807, 2.05) is 72.9 Å². The number of hydrogen-bond donors (Lipinski definition) is 0. The molecule has 0 aliphatic rings. The molecule has 133 heavy (non-hydrogen) atoms. The maximum Gasteiger partial charge on any atom is 0.216 e. The number of hydrogen-bond acceptors (Lipinski definition) is 26. The van der Waals surface area contributed by atoms with Gasteiger partial charge in [-0.15, -0.1) is 0 Å². The predicted molar refractivity (Wildman–Crippen MR) is 527 cm³/mol. The minimum atomic E-state index is 0.299. The maximum absolute atomic E-state index is 11.6. The molecule has 726 valence electrons. The van der Waals surface area contributed by atoms with Crippen molar-refractivity contribution >= 4 is 52.0 Å². The van der Waals surface area contributed by atoms with Crippen LogP contribution in [0.1, 0.15) is 297 Å². The molecule has 0 aliphatic heterocycles. The average Bonchev–Trinajstić information content (AvgIpc) is 0.806. The third-order valence-corrected chi connectivity index (χ3v) is 19.1. The van der Waals surface area contributed by atoms with Gasteiger partial charge in [0.05, 0.1) is 33.2 Å². The van der Waals surface area contributed by atoms with Crippen LogP contribution in [0.3, 0.4) is 0 Å². The van der Waals surface area contributed by atoms with Gasteiger partial charge in [0.15, 0.2) is 0 Å². The molecule has 0 bridgehead atoms. The van der Waals surface area contributed by atoms with Crippen LogP contribution in [0.2, 0.25) is 0 Å². The van der Waals surface area contributed by atoms with Gasteiger partial charge in [-0.2, -0.15) is 20.4 Å². The van der Waals surface area contributed by atoms with Crippen LogP contribution in [0.15, 0.2) is 166 Å². The lowest BCUT2D eigenvalue weighted by atomic mass is 10.0. The molecular formula is C107H156N14O12. The van der Waals surface area contributed by atoms with Gasteiger partial charge < -0.3 is 14.2 Å². The summed E-state index contributed by atoms with van der Waals surface area (Å²) in [6.07, 6.45) is 41.5. The highest BCUT2D eigenvalue weighted by Crippen LogP contribution is 2.21. The van der Waals surface area contributed by atoms with Crippen molar-refractivity contribution in [1.82, 2.24) is 70.2 Å². The van der Waals surface area contributed by atoms with Crippen molar-refractivity contribution in [2.75, 3.05) is 21.3 Å². The summed E-state index contributed by atoms with van der Waals surface area (Å²) in [6, 6.07) is 24.4. The van der Waals surface area contributed by atoms with Crippen LogP contribution in [-0.4, -0.2) is 144 Å². The van der Waals surface area contributed by atoms with Crippen LogP contribution < -0.4 is 14.2 Å². The Bertz CT molecular complexity index is 4210. The number of aryl methyl sites for hydroxylation is 10. The predicted octanol–water partition coefficient (Wildman–Crippen LogP) is 21.0. The van der Waals surface area contributed by atoms with Crippen molar-refractivity contribution in [2.24, 2.45) is 53.3 Å². The lowest BCUT2D eigenvalue weighted by molar-refractivity contribution is -0.120. The zero-order valence-electron chi connectivity index (χ0n) is 84.0. The molecule has 0 unspecified atom stereocenters. The second kappa shape index (κ2) is 73.9. The van der Waals surface area contributed by atoms with Crippen LogP contribution in [0.25, 0.3) is 0 Å². The fourth-order valence-electron chi connectivity index (χ4n) is 12.8. The first kappa shape index (κ1) is 119. The van der Waals surface area contributed by atoms with Crippen LogP contribution >= 0.6 is 0 Å². The van der Waals surface area contributed by atoms with Gasteiger partial charge in [-0.1, -0.05) is 137 Å². The molecule has 0 radical (unpaired) electrons. The first-order valence-corrected chi connectivity index (χ1v) is 47.2. The Morgan fingerprint density at radius 2 is 0.654 bits per heavy atom. The Kier molecular flexibility index (Phi) is 66.4. The Labute approximate surface area is 794 Å². The van der Waals surface area contributed by atoms with E-state index < -0.39 is 0 Å². The van der Waals surface area contributed by atoms with Crippen LogP contribution in [0.5, 0.6) is 17.5 Å². The number of ketones is 9. The summed E-state index contributed by atoms with van der Waals surface area (Å²) in [5, 5.41) is 15.1. The van der Waals surface area contributed by atoms with Crippen LogP contribution in [0, 0.1) is 60.2 Å². The van der Waals surface area contributed by atoms with Crippen molar-refractivity contribution in [3.8, 4) is 17.5 Å². The monoisotopic (exact) mass is 1830 g/mol. The van der Waals surface area contributed by atoms with Crippen molar-refractivity contribution in [1.29, 1.82) is 0 Å². The Morgan fingerprint density at radius 1 is 0.278 bits per heavy atom. The number of pyridine rings is 4. The Hall–Kier alpha value is -11.6. The van der Waals surface area contributed by atoms with E-state index in [1.54, 1.807) is 102 Å². The van der Waals surface area contributed by atoms with Gasteiger partial charge in [0.25, 0.3) is 0 Å². The topological polar surface area (TPSA) is 362 Å². The molecule has 0 saturated heterocycles. The van der Waals surface area contributed by atoms with E-state index in [0.29, 0.717) is 265 Å². The van der Waals surface area contributed by atoms with Crippen LogP contribution in [0.4, 0.5) is 0 Å². The summed E-state index contributed by atoms with van der Waals surface area (Å²) >= 11 is 0. The SMILES string of the molecule is CC(C)CC(=O)CCc1cccnn1.CC(C)CC(=O)CCc1ccncn1.CC(C)CC(=O)CCc1ccncn1.CC(C)CC(=O)CCc1ccnnc1.CC(C)CC(=O)CCc1ncccn1.COc1cccc(CCC(=O)CC(C)C)n1.COc1ccncc1CCC(=O)CC(C)C.COc1ncccc1CCC(=O)CC(C)C.Cc1ccncc1CCC(=O)CC(C)C. The average molecular weight is 1830 g/mol. The summed E-state index contributed by atoms with van der Waals surface area (Å²) in [7, 11) is 4.83. The number of aromatic nitrogens is 14. The van der Waals surface area contributed by atoms with Crippen molar-refractivity contribution in [2.45, 2.75) is 305 Å². The molecule has 0 aliphatic carbocycles. The molecule has 9 rings (SSSR count). The van der Waals surface area contributed by atoms with E-state index in [1.165, 1.54) is 23.8 Å². The number of carbonyl (C=O) groups excluding carboxylic acids is 9. The molecule has 9 aromatic heterocycles. The quantitative estimate of drug-likeness (QED) is 0.0342. The number of rotatable bonds is 48. The molecule has 0 aromatic carbocycles. The van der Waals surface area contributed by atoms with Gasteiger partial charge >= 0.3 is 0 Å². The van der Waals surface area contributed by atoms with Crippen molar-refractivity contribution < 1.29 is 57.4 Å². The van der Waals surface area contributed by atoms with E-state index in [0.717, 1.165) is 76.7 Å². The van der Waals surface area contributed by atoms with Gasteiger partial charge in [-0.3, -0.25) is 53.1 Å². The minimum absolute atomic E-state index is 0.299. The highest BCUT2D eigenvalue weighted by molar-refractivity contribution is 5.82.